The summed E-state index contributed by atoms with van der Waals surface area (Å²) in [4.78, 5) is 24.2. The lowest BCUT2D eigenvalue weighted by atomic mass is 9.77. The molecule has 1 aromatic carbocycles. The average Bonchev–Trinajstić information content (AvgIpc) is 3.58. The molecule has 3 aliphatic rings. The van der Waals surface area contributed by atoms with E-state index in [2.05, 4.69) is 11.4 Å². The van der Waals surface area contributed by atoms with E-state index in [9.17, 15) is 22.4 Å². The second kappa shape index (κ2) is 10.2. The standard InChI is InChI=1S/C30H36F4N4O/c1-28(30(32,33)34)13-12-20(16-24(28)31)27(39)35-18-19-10-14-29(15-11-19)17-21(29)8-9-25-36-23-7-5-4-6-22(23)26(37-25)38(2)3/h4-7,12,16,19,21H,8-11,13-15,17-18H2,1-3H3,(H,35,39). The number of carbonyl (C=O) groups excluding carboxylic acids is 1. The number of hydrogen-bond acceptors (Lipinski definition) is 4. The Bertz CT molecular complexity index is 1310. The van der Waals surface area contributed by atoms with Crippen LogP contribution in [0.5, 0.6) is 0 Å². The van der Waals surface area contributed by atoms with Crippen LogP contribution in [-0.4, -0.2) is 42.7 Å². The molecule has 39 heavy (non-hydrogen) atoms. The Morgan fingerprint density at radius 3 is 2.54 bits per heavy atom. The zero-order valence-corrected chi connectivity index (χ0v) is 22.7. The van der Waals surface area contributed by atoms with Gasteiger partial charge in [0.15, 0.2) is 0 Å². The molecule has 1 aromatic heterocycles. The normalized spacial score (nSPS) is 28.7. The Kier molecular flexibility index (Phi) is 7.22. The molecule has 210 valence electrons. The minimum atomic E-state index is -4.71. The first-order chi connectivity index (χ1) is 18.4. The lowest BCUT2D eigenvalue weighted by Crippen LogP contribution is -2.38. The molecular formula is C30H36F4N4O. The molecule has 0 aliphatic heterocycles. The maximum absolute atomic E-state index is 14.3. The number of fused-ring (bicyclic) bond motifs is 1. The quantitative estimate of drug-likeness (QED) is 0.395. The topological polar surface area (TPSA) is 58.1 Å². The van der Waals surface area contributed by atoms with Crippen molar-refractivity contribution in [3.8, 4) is 0 Å². The fourth-order valence-corrected chi connectivity index (χ4v) is 6.29. The van der Waals surface area contributed by atoms with Crippen molar-refractivity contribution in [2.24, 2.45) is 22.7 Å². The number of para-hydroxylation sites is 1. The van der Waals surface area contributed by atoms with Gasteiger partial charge in [-0.3, -0.25) is 4.79 Å². The van der Waals surface area contributed by atoms with Gasteiger partial charge in [-0.2, -0.15) is 13.2 Å². The number of benzene rings is 1. The molecule has 5 nitrogen and oxygen atoms in total. The first-order valence-electron chi connectivity index (χ1n) is 13.8. The zero-order chi connectivity index (χ0) is 28.0. The van der Waals surface area contributed by atoms with Gasteiger partial charge in [0.05, 0.1) is 5.52 Å². The number of hydrogen-bond donors (Lipinski definition) is 1. The van der Waals surface area contributed by atoms with Gasteiger partial charge in [0.1, 0.15) is 22.9 Å². The minimum absolute atomic E-state index is 0.0305. The summed E-state index contributed by atoms with van der Waals surface area (Å²) in [6.07, 6.45) is 4.01. The third-order valence-electron chi connectivity index (χ3n) is 9.21. The highest BCUT2D eigenvalue weighted by Crippen LogP contribution is 2.63. The van der Waals surface area contributed by atoms with E-state index in [-0.39, 0.29) is 5.57 Å². The van der Waals surface area contributed by atoms with E-state index in [0.29, 0.717) is 23.8 Å². The number of carbonyl (C=O) groups is 1. The van der Waals surface area contributed by atoms with Crippen molar-refractivity contribution in [1.82, 2.24) is 15.3 Å². The van der Waals surface area contributed by atoms with Crippen molar-refractivity contribution < 1.29 is 22.4 Å². The number of nitrogens with zero attached hydrogens (tertiary/aromatic N) is 3. The summed E-state index contributed by atoms with van der Waals surface area (Å²) in [7, 11) is 4.00. The monoisotopic (exact) mass is 544 g/mol. The van der Waals surface area contributed by atoms with E-state index >= 15 is 0 Å². The number of anilines is 1. The third-order valence-corrected chi connectivity index (χ3v) is 9.21. The summed E-state index contributed by atoms with van der Waals surface area (Å²) < 4.78 is 53.9. The molecule has 0 saturated heterocycles. The second-order valence-electron chi connectivity index (χ2n) is 12.0. The average molecular weight is 545 g/mol. The predicted molar refractivity (Wildman–Crippen MR) is 144 cm³/mol. The Morgan fingerprint density at radius 2 is 1.87 bits per heavy atom. The largest absolute Gasteiger partial charge is 0.400 e. The van der Waals surface area contributed by atoms with Crippen LogP contribution in [0.2, 0.25) is 0 Å². The lowest BCUT2D eigenvalue weighted by Gasteiger charge is -2.32. The van der Waals surface area contributed by atoms with Crippen LogP contribution in [0.1, 0.15) is 57.7 Å². The molecule has 1 heterocycles. The smallest absolute Gasteiger partial charge is 0.362 e. The lowest BCUT2D eigenvalue weighted by molar-refractivity contribution is -0.208. The SMILES string of the molecule is CN(C)c1nc(CCC2CC23CCC(CNC(=O)C2=CCC(C)(C(F)(F)F)C(F)=C2)CC3)nc2ccccc12. The molecule has 2 aromatic rings. The number of aromatic nitrogens is 2. The van der Waals surface area contributed by atoms with Crippen LogP contribution in [0.25, 0.3) is 10.9 Å². The van der Waals surface area contributed by atoms with Gasteiger partial charge in [-0.25, -0.2) is 14.4 Å². The van der Waals surface area contributed by atoms with Crippen LogP contribution >= 0.6 is 0 Å². The summed E-state index contributed by atoms with van der Waals surface area (Å²) >= 11 is 0. The van der Waals surface area contributed by atoms with Gasteiger partial charge in [0, 0.05) is 38.0 Å². The van der Waals surface area contributed by atoms with E-state index in [1.807, 2.05) is 37.2 Å². The highest BCUT2D eigenvalue weighted by Gasteiger charge is 2.55. The van der Waals surface area contributed by atoms with Gasteiger partial charge in [0.2, 0.25) is 0 Å². The van der Waals surface area contributed by atoms with Crippen LogP contribution in [-0.2, 0) is 11.2 Å². The Morgan fingerprint density at radius 1 is 1.15 bits per heavy atom. The Labute approximate surface area is 226 Å². The maximum Gasteiger partial charge on any atom is 0.400 e. The molecule has 0 bridgehead atoms. The van der Waals surface area contributed by atoms with Gasteiger partial charge in [-0.1, -0.05) is 18.2 Å². The van der Waals surface area contributed by atoms with E-state index < -0.39 is 29.7 Å². The van der Waals surface area contributed by atoms with Crippen molar-refractivity contribution >= 4 is 22.6 Å². The van der Waals surface area contributed by atoms with Crippen LogP contribution in [0.15, 0.2) is 47.8 Å². The predicted octanol–water partition coefficient (Wildman–Crippen LogP) is 6.69. The molecule has 9 heteroatoms. The summed E-state index contributed by atoms with van der Waals surface area (Å²) in [5.41, 5.74) is -1.25. The van der Waals surface area contributed by atoms with Crippen molar-refractivity contribution in [1.29, 1.82) is 0 Å². The van der Waals surface area contributed by atoms with Crippen molar-refractivity contribution in [2.45, 2.75) is 64.5 Å². The number of amides is 1. The first-order valence-corrected chi connectivity index (χ1v) is 13.8. The Balaban J connectivity index is 1.09. The van der Waals surface area contributed by atoms with Crippen LogP contribution < -0.4 is 10.2 Å². The fourth-order valence-electron chi connectivity index (χ4n) is 6.29. The molecule has 5 rings (SSSR count). The summed E-state index contributed by atoms with van der Waals surface area (Å²) in [6.45, 7) is 1.28. The molecule has 2 unspecified atom stereocenters. The summed E-state index contributed by atoms with van der Waals surface area (Å²) in [6, 6.07) is 8.09. The minimum Gasteiger partial charge on any atom is -0.362 e. The van der Waals surface area contributed by atoms with Gasteiger partial charge < -0.3 is 10.2 Å². The molecule has 1 N–H and O–H groups in total. The molecule has 0 radical (unpaired) electrons. The number of alkyl halides is 3. The number of allylic oxidation sites excluding steroid dienone is 2. The third kappa shape index (κ3) is 5.41. The number of nitrogens with one attached hydrogen (secondary N) is 1. The molecule has 2 atom stereocenters. The van der Waals surface area contributed by atoms with E-state index in [4.69, 9.17) is 9.97 Å². The van der Waals surface area contributed by atoms with E-state index in [0.717, 1.165) is 74.1 Å². The molecule has 2 fully saturated rings. The fraction of sp³-hybridized carbons (Fsp3) is 0.567. The molecule has 3 aliphatic carbocycles. The zero-order valence-electron chi connectivity index (χ0n) is 22.7. The van der Waals surface area contributed by atoms with Gasteiger partial charge in [0.25, 0.3) is 5.91 Å². The molecule has 1 amide bonds. The van der Waals surface area contributed by atoms with Crippen molar-refractivity contribution in [2.75, 3.05) is 25.5 Å². The number of aryl methyl sites for hydroxylation is 1. The number of halogens is 4. The van der Waals surface area contributed by atoms with Gasteiger partial charge >= 0.3 is 6.18 Å². The van der Waals surface area contributed by atoms with Crippen molar-refractivity contribution in [3.63, 3.8) is 0 Å². The molecule has 1 spiro atoms. The van der Waals surface area contributed by atoms with Gasteiger partial charge in [-0.15, -0.1) is 0 Å². The van der Waals surface area contributed by atoms with E-state index in [1.54, 1.807) is 0 Å². The van der Waals surface area contributed by atoms with Crippen LogP contribution in [0.3, 0.4) is 0 Å². The molecule has 2 saturated carbocycles. The number of rotatable bonds is 7. The van der Waals surface area contributed by atoms with E-state index in [1.165, 1.54) is 12.5 Å². The molecular weight excluding hydrogens is 508 g/mol. The van der Waals surface area contributed by atoms with Crippen LogP contribution in [0, 0.1) is 22.7 Å². The maximum atomic E-state index is 14.3. The van der Waals surface area contributed by atoms with Crippen molar-refractivity contribution in [3.05, 3.63) is 53.6 Å². The highest BCUT2D eigenvalue weighted by molar-refractivity contribution is 5.96. The summed E-state index contributed by atoms with van der Waals surface area (Å²) in [5.74, 6) is 0.995. The highest BCUT2D eigenvalue weighted by atomic mass is 19.4. The summed E-state index contributed by atoms with van der Waals surface area (Å²) in [5, 5.41) is 3.88. The second-order valence-corrected chi connectivity index (χ2v) is 12.0. The van der Waals surface area contributed by atoms with Gasteiger partial charge in [-0.05, 0) is 87.3 Å². The van der Waals surface area contributed by atoms with Crippen LogP contribution in [0.4, 0.5) is 23.4 Å². The Hall–Kier alpha value is -2.97. The first kappa shape index (κ1) is 27.6.